The third-order valence-corrected chi connectivity index (χ3v) is 6.27. The lowest BCUT2D eigenvalue weighted by Gasteiger charge is -2.33. The van der Waals surface area contributed by atoms with Crippen molar-refractivity contribution in [2.45, 2.75) is 38.2 Å². The molecule has 1 unspecified atom stereocenters. The van der Waals surface area contributed by atoms with Crippen LogP contribution in [0.2, 0.25) is 0 Å². The molecule has 0 radical (unpaired) electrons. The predicted octanol–water partition coefficient (Wildman–Crippen LogP) is 3.31. The standard InChI is InChI=1S/C18H24N4OS/c1-14-13-24-18(22(14)12-16-4-2-3-8-19-16)21-11-10-20(17(21)23)9-7-15-5-6-15/h2-4,8,13,15,18H,5-7,9-12H2,1H3. The smallest absolute Gasteiger partial charge is 0.322 e. The Hall–Kier alpha value is -1.69. The van der Waals surface area contributed by atoms with Gasteiger partial charge in [0.25, 0.3) is 0 Å². The van der Waals surface area contributed by atoms with E-state index >= 15 is 0 Å². The Kier molecular flexibility index (Phi) is 4.39. The largest absolute Gasteiger partial charge is 0.340 e. The number of urea groups is 1. The molecule has 3 heterocycles. The highest BCUT2D eigenvalue weighted by Crippen LogP contribution is 2.36. The highest BCUT2D eigenvalue weighted by atomic mass is 32.2. The second-order valence-electron chi connectivity index (χ2n) is 6.87. The van der Waals surface area contributed by atoms with Crippen LogP contribution in [0.4, 0.5) is 4.79 Å². The summed E-state index contributed by atoms with van der Waals surface area (Å²) in [6.07, 6.45) is 5.70. The molecule has 0 N–H and O–H groups in total. The van der Waals surface area contributed by atoms with Crippen LogP contribution in [0.25, 0.3) is 0 Å². The van der Waals surface area contributed by atoms with Crippen LogP contribution in [0.5, 0.6) is 0 Å². The van der Waals surface area contributed by atoms with Crippen molar-refractivity contribution in [1.29, 1.82) is 0 Å². The number of hydrogen-bond donors (Lipinski definition) is 0. The van der Waals surface area contributed by atoms with E-state index in [1.807, 2.05) is 34.2 Å². The number of aromatic nitrogens is 1. The van der Waals surface area contributed by atoms with Crippen LogP contribution in [0.3, 0.4) is 0 Å². The topological polar surface area (TPSA) is 39.7 Å². The number of thioether (sulfide) groups is 1. The number of hydrogen-bond acceptors (Lipinski definition) is 4. The second-order valence-corrected chi connectivity index (χ2v) is 7.80. The SMILES string of the molecule is CC1=CSC(N2CCN(CCC3CC3)C2=O)N1Cc1ccccn1. The van der Waals surface area contributed by atoms with Gasteiger partial charge in [0, 0.05) is 31.5 Å². The Morgan fingerprint density at radius 3 is 2.92 bits per heavy atom. The summed E-state index contributed by atoms with van der Waals surface area (Å²) in [5, 5.41) is 2.16. The molecule has 1 atom stereocenters. The predicted molar refractivity (Wildman–Crippen MR) is 95.9 cm³/mol. The molecule has 4 rings (SSSR count). The van der Waals surface area contributed by atoms with Gasteiger partial charge in [0.15, 0.2) is 5.50 Å². The average Bonchev–Trinajstić information content (AvgIpc) is 3.27. The van der Waals surface area contributed by atoms with Gasteiger partial charge < -0.3 is 9.80 Å². The van der Waals surface area contributed by atoms with Gasteiger partial charge in [-0.05, 0) is 36.8 Å². The van der Waals surface area contributed by atoms with Gasteiger partial charge in [0.1, 0.15) is 0 Å². The molecule has 128 valence electrons. The lowest BCUT2D eigenvalue weighted by Crippen LogP contribution is -2.45. The van der Waals surface area contributed by atoms with Crippen LogP contribution in [0.1, 0.15) is 31.9 Å². The van der Waals surface area contributed by atoms with E-state index in [2.05, 4.69) is 22.2 Å². The molecule has 1 saturated carbocycles. The molecule has 6 heteroatoms. The van der Waals surface area contributed by atoms with E-state index in [-0.39, 0.29) is 11.5 Å². The Balaban J connectivity index is 1.41. The van der Waals surface area contributed by atoms with Gasteiger partial charge in [-0.1, -0.05) is 30.7 Å². The highest BCUT2D eigenvalue weighted by Gasteiger charge is 2.39. The zero-order valence-corrected chi connectivity index (χ0v) is 14.9. The molecule has 1 aromatic heterocycles. The Bertz CT molecular complexity index is 631. The minimum absolute atomic E-state index is 0.0606. The van der Waals surface area contributed by atoms with E-state index in [1.165, 1.54) is 25.0 Å². The van der Waals surface area contributed by atoms with E-state index in [9.17, 15) is 4.79 Å². The number of allylic oxidation sites excluding steroid dienone is 1. The van der Waals surface area contributed by atoms with Crippen LogP contribution >= 0.6 is 11.8 Å². The molecule has 0 spiro atoms. The zero-order chi connectivity index (χ0) is 16.5. The molecule has 24 heavy (non-hydrogen) atoms. The first-order valence-corrected chi connectivity index (χ1v) is 9.71. The lowest BCUT2D eigenvalue weighted by molar-refractivity contribution is 0.149. The number of nitrogens with zero attached hydrogens (tertiary/aromatic N) is 4. The van der Waals surface area contributed by atoms with E-state index in [0.29, 0.717) is 0 Å². The molecule has 2 aliphatic heterocycles. The zero-order valence-electron chi connectivity index (χ0n) is 14.1. The maximum atomic E-state index is 12.8. The van der Waals surface area contributed by atoms with Gasteiger partial charge in [0.2, 0.25) is 0 Å². The van der Waals surface area contributed by atoms with Crippen LogP contribution < -0.4 is 0 Å². The number of pyridine rings is 1. The van der Waals surface area contributed by atoms with E-state index < -0.39 is 0 Å². The summed E-state index contributed by atoms with van der Waals surface area (Å²) >= 11 is 1.73. The van der Waals surface area contributed by atoms with Crippen LogP contribution in [0, 0.1) is 5.92 Å². The number of amides is 2. The molecular weight excluding hydrogens is 320 g/mol. The number of carbonyl (C=O) groups is 1. The molecule has 5 nitrogen and oxygen atoms in total. The first kappa shape index (κ1) is 15.8. The minimum Gasteiger partial charge on any atom is -0.340 e. The fraction of sp³-hybridized carbons (Fsp3) is 0.556. The summed E-state index contributed by atoms with van der Waals surface area (Å²) in [4.78, 5) is 23.6. The van der Waals surface area contributed by atoms with Crippen molar-refractivity contribution in [3.63, 3.8) is 0 Å². The van der Waals surface area contributed by atoms with Gasteiger partial charge >= 0.3 is 6.03 Å². The molecule has 1 aliphatic carbocycles. The summed E-state index contributed by atoms with van der Waals surface area (Å²) in [7, 11) is 0. The lowest BCUT2D eigenvalue weighted by atomic mass is 10.3. The molecule has 1 saturated heterocycles. The first-order valence-electron chi connectivity index (χ1n) is 8.77. The third kappa shape index (κ3) is 3.24. The second kappa shape index (κ2) is 6.67. The molecular formula is C18H24N4OS. The van der Waals surface area contributed by atoms with Gasteiger partial charge in [-0.25, -0.2) is 4.79 Å². The van der Waals surface area contributed by atoms with Crippen molar-refractivity contribution >= 4 is 17.8 Å². The normalized spacial score (nSPS) is 24.0. The molecule has 2 amide bonds. The van der Waals surface area contributed by atoms with Crippen molar-refractivity contribution in [3.8, 4) is 0 Å². The Morgan fingerprint density at radius 1 is 1.29 bits per heavy atom. The van der Waals surface area contributed by atoms with Crippen molar-refractivity contribution in [2.24, 2.45) is 5.92 Å². The van der Waals surface area contributed by atoms with E-state index in [1.54, 1.807) is 11.8 Å². The average molecular weight is 344 g/mol. The third-order valence-electron chi connectivity index (χ3n) is 5.04. The Morgan fingerprint density at radius 2 is 2.17 bits per heavy atom. The molecule has 0 bridgehead atoms. The van der Waals surface area contributed by atoms with Crippen LogP contribution in [-0.4, -0.2) is 50.8 Å². The highest BCUT2D eigenvalue weighted by molar-refractivity contribution is 8.02. The van der Waals surface area contributed by atoms with Crippen molar-refractivity contribution in [2.75, 3.05) is 19.6 Å². The molecule has 3 aliphatic rings. The van der Waals surface area contributed by atoms with Crippen molar-refractivity contribution in [3.05, 3.63) is 41.2 Å². The van der Waals surface area contributed by atoms with Gasteiger partial charge in [-0.15, -0.1) is 0 Å². The van der Waals surface area contributed by atoms with Crippen molar-refractivity contribution < 1.29 is 4.79 Å². The summed E-state index contributed by atoms with van der Waals surface area (Å²) < 4.78 is 0. The maximum absolute atomic E-state index is 12.8. The molecule has 2 fully saturated rings. The minimum atomic E-state index is 0.0606. The number of rotatable bonds is 6. The van der Waals surface area contributed by atoms with Gasteiger partial charge in [0.05, 0.1) is 12.2 Å². The molecule has 0 aromatic carbocycles. The van der Waals surface area contributed by atoms with Gasteiger partial charge in [-0.2, -0.15) is 0 Å². The molecule has 1 aromatic rings. The summed E-state index contributed by atoms with van der Waals surface area (Å²) in [6, 6.07) is 6.19. The van der Waals surface area contributed by atoms with E-state index in [0.717, 1.165) is 37.8 Å². The summed E-state index contributed by atoms with van der Waals surface area (Å²) in [6.45, 7) is 5.46. The van der Waals surface area contributed by atoms with Gasteiger partial charge in [-0.3, -0.25) is 9.88 Å². The first-order chi connectivity index (χ1) is 11.7. The van der Waals surface area contributed by atoms with Crippen LogP contribution in [-0.2, 0) is 6.54 Å². The monoisotopic (exact) mass is 344 g/mol. The van der Waals surface area contributed by atoms with Crippen LogP contribution in [0.15, 0.2) is 35.5 Å². The Labute approximate surface area is 147 Å². The number of carbonyl (C=O) groups excluding carboxylic acids is 1. The summed E-state index contributed by atoms with van der Waals surface area (Å²) in [5.74, 6) is 0.872. The summed E-state index contributed by atoms with van der Waals surface area (Å²) in [5.41, 5.74) is 2.31. The maximum Gasteiger partial charge on any atom is 0.322 e. The fourth-order valence-electron chi connectivity index (χ4n) is 3.34. The van der Waals surface area contributed by atoms with E-state index in [4.69, 9.17) is 0 Å². The quantitative estimate of drug-likeness (QED) is 0.794. The van der Waals surface area contributed by atoms with Crippen molar-refractivity contribution in [1.82, 2.24) is 19.7 Å². The fourth-order valence-corrected chi connectivity index (χ4v) is 4.53.